The predicted molar refractivity (Wildman–Crippen MR) is 165 cm³/mol. The smallest absolute Gasteiger partial charge is 0.475 e. The van der Waals surface area contributed by atoms with Gasteiger partial charge >= 0.3 is 7.12 Å². The Hall–Kier alpha value is -3.77. The molecule has 0 aliphatic heterocycles. The van der Waals surface area contributed by atoms with Crippen LogP contribution in [0.3, 0.4) is 0 Å². The quantitative estimate of drug-likeness (QED) is 0.173. The van der Waals surface area contributed by atoms with Crippen molar-refractivity contribution in [2.24, 2.45) is 11.8 Å². The SMILES string of the molecule is COc1ccc(C[C@H](NC(=O)CCc2ccccc2)C(=O)N[C@H](C(=O)N[C@@H](CC(C)C)B(O)O)C(C)C)c(OC)c1OC. The number of methoxy groups -OCH3 is 3. The van der Waals surface area contributed by atoms with Gasteiger partial charge in [0.2, 0.25) is 23.5 Å². The Morgan fingerprint density at radius 3 is 2.00 bits per heavy atom. The number of carbonyl (C=O) groups excluding carboxylic acids is 3. The Bertz CT molecular complexity index is 1190. The Labute approximate surface area is 254 Å². The maximum atomic E-state index is 13.7. The second kappa shape index (κ2) is 17.4. The monoisotopic (exact) mass is 599 g/mol. The third-order valence-electron chi connectivity index (χ3n) is 7.00. The number of nitrogens with one attached hydrogen (secondary N) is 3. The van der Waals surface area contributed by atoms with Gasteiger partial charge in [-0.1, -0.05) is 64.1 Å². The normalized spacial score (nSPS) is 13.1. The number of benzene rings is 2. The maximum absolute atomic E-state index is 13.7. The van der Waals surface area contributed by atoms with E-state index < -0.39 is 37.0 Å². The van der Waals surface area contributed by atoms with Gasteiger partial charge in [0.15, 0.2) is 11.5 Å². The molecule has 2 aromatic carbocycles. The topological polar surface area (TPSA) is 155 Å². The van der Waals surface area contributed by atoms with Crippen LogP contribution in [0.2, 0.25) is 0 Å². The molecule has 5 N–H and O–H groups in total. The second-order valence-electron chi connectivity index (χ2n) is 11.2. The highest BCUT2D eigenvalue weighted by Crippen LogP contribution is 2.40. The summed E-state index contributed by atoms with van der Waals surface area (Å²) in [6.45, 7) is 7.33. The van der Waals surface area contributed by atoms with Crippen molar-refractivity contribution in [2.45, 2.75) is 71.4 Å². The molecule has 0 aromatic heterocycles. The van der Waals surface area contributed by atoms with Gasteiger partial charge in [0.25, 0.3) is 0 Å². The average Bonchev–Trinajstić information content (AvgIpc) is 2.97. The van der Waals surface area contributed by atoms with Crippen LogP contribution in [0, 0.1) is 11.8 Å². The molecule has 0 spiro atoms. The van der Waals surface area contributed by atoms with E-state index >= 15 is 0 Å². The largest absolute Gasteiger partial charge is 0.493 e. The number of aryl methyl sites for hydroxylation is 1. The van der Waals surface area contributed by atoms with Crippen LogP contribution < -0.4 is 30.2 Å². The van der Waals surface area contributed by atoms with Crippen molar-refractivity contribution < 1.29 is 38.6 Å². The van der Waals surface area contributed by atoms with E-state index in [1.54, 1.807) is 26.0 Å². The Kier molecular flexibility index (Phi) is 14.3. The zero-order valence-electron chi connectivity index (χ0n) is 26.2. The number of hydrogen-bond acceptors (Lipinski definition) is 8. The molecular weight excluding hydrogens is 553 g/mol. The van der Waals surface area contributed by atoms with Crippen molar-refractivity contribution >= 4 is 24.8 Å². The molecule has 0 aliphatic carbocycles. The van der Waals surface area contributed by atoms with Crippen molar-refractivity contribution in [3.8, 4) is 17.2 Å². The number of ether oxygens (including phenoxy) is 3. The van der Waals surface area contributed by atoms with Crippen LogP contribution >= 0.6 is 0 Å². The van der Waals surface area contributed by atoms with Gasteiger partial charge in [0, 0.05) is 18.4 Å². The van der Waals surface area contributed by atoms with E-state index in [0.717, 1.165) is 5.56 Å². The van der Waals surface area contributed by atoms with Gasteiger partial charge in [-0.25, -0.2) is 0 Å². The fourth-order valence-electron chi connectivity index (χ4n) is 4.75. The predicted octanol–water partition coefficient (Wildman–Crippen LogP) is 2.06. The lowest BCUT2D eigenvalue weighted by Crippen LogP contribution is -2.59. The van der Waals surface area contributed by atoms with Crippen LogP contribution in [0.15, 0.2) is 42.5 Å². The molecule has 0 fully saturated rings. The first-order valence-corrected chi connectivity index (χ1v) is 14.5. The van der Waals surface area contributed by atoms with Crippen molar-refractivity contribution in [2.75, 3.05) is 21.3 Å². The summed E-state index contributed by atoms with van der Waals surface area (Å²) in [5.41, 5.74) is 1.56. The molecule has 3 atom stereocenters. The summed E-state index contributed by atoms with van der Waals surface area (Å²) in [6.07, 6.45) is 1.00. The lowest BCUT2D eigenvalue weighted by molar-refractivity contribution is -0.133. The lowest BCUT2D eigenvalue weighted by Gasteiger charge is -2.28. The minimum absolute atomic E-state index is 0.0319. The number of rotatable bonds is 17. The summed E-state index contributed by atoms with van der Waals surface area (Å²) in [5, 5.41) is 27.9. The average molecular weight is 600 g/mol. The zero-order chi connectivity index (χ0) is 32.1. The number of hydrogen-bond donors (Lipinski definition) is 5. The molecule has 0 bridgehead atoms. The summed E-state index contributed by atoms with van der Waals surface area (Å²) in [5.74, 6) is -1.50. The molecule has 12 heteroatoms. The van der Waals surface area contributed by atoms with Gasteiger partial charge in [0.05, 0.1) is 27.3 Å². The third-order valence-corrected chi connectivity index (χ3v) is 7.00. The van der Waals surface area contributed by atoms with E-state index in [4.69, 9.17) is 14.2 Å². The van der Waals surface area contributed by atoms with Crippen LogP contribution in [0.5, 0.6) is 17.2 Å². The Balaban J connectivity index is 2.34. The molecule has 43 heavy (non-hydrogen) atoms. The van der Waals surface area contributed by atoms with E-state index in [-0.39, 0.29) is 30.6 Å². The Morgan fingerprint density at radius 2 is 1.47 bits per heavy atom. The van der Waals surface area contributed by atoms with Crippen molar-refractivity contribution in [3.05, 3.63) is 53.6 Å². The summed E-state index contributed by atoms with van der Waals surface area (Å²) in [4.78, 5) is 40.1. The number of amides is 3. The molecule has 2 rings (SSSR count). The molecule has 0 saturated heterocycles. The van der Waals surface area contributed by atoms with Crippen LogP contribution in [0.4, 0.5) is 0 Å². The minimum atomic E-state index is -1.76. The van der Waals surface area contributed by atoms with Crippen LogP contribution in [0.25, 0.3) is 0 Å². The van der Waals surface area contributed by atoms with Gasteiger partial charge in [-0.2, -0.15) is 0 Å². The first-order valence-electron chi connectivity index (χ1n) is 14.5. The van der Waals surface area contributed by atoms with E-state index in [2.05, 4.69) is 16.0 Å². The van der Waals surface area contributed by atoms with E-state index in [9.17, 15) is 24.4 Å². The summed E-state index contributed by atoms with van der Waals surface area (Å²) in [7, 11) is 2.68. The van der Waals surface area contributed by atoms with E-state index in [0.29, 0.717) is 35.7 Å². The molecule has 0 heterocycles. The van der Waals surface area contributed by atoms with Gasteiger partial charge in [-0.05, 0) is 36.3 Å². The van der Waals surface area contributed by atoms with Gasteiger partial charge in [0.1, 0.15) is 12.1 Å². The van der Waals surface area contributed by atoms with E-state index in [1.165, 1.54) is 21.3 Å². The number of carbonyl (C=O) groups is 3. The molecule has 0 aliphatic rings. The Morgan fingerprint density at radius 1 is 0.814 bits per heavy atom. The van der Waals surface area contributed by atoms with Crippen molar-refractivity contribution in [1.82, 2.24) is 16.0 Å². The molecule has 0 saturated carbocycles. The highest BCUT2D eigenvalue weighted by molar-refractivity contribution is 6.43. The standard InChI is InChI=1S/C31H46BN3O8/c1-19(2)17-25(32(39)40)34-31(38)27(20(3)4)35-30(37)23(33-26(36)16-13-21-11-9-8-10-12-21)18-22-14-15-24(41-5)29(43-7)28(22)42-6/h8-12,14-15,19-20,23,25,27,39-40H,13,16-18H2,1-7H3,(H,33,36)(H,34,38)(H,35,37)/t23-,25-,27-/m0/s1. The fourth-order valence-corrected chi connectivity index (χ4v) is 4.75. The minimum Gasteiger partial charge on any atom is -0.493 e. The van der Waals surface area contributed by atoms with Gasteiger partial charge < -0.3 is 40.2 Å². The zero-order valence-corrected chi connectivity index (χ0v) is 26.2. The summed E-state index contributed by atoms with van der Waals surface area (Å²) < 4.78 is 16.5. The highest BCUT2D eigenvalue weighted by Gasteiger charge is 2.33. The third kappa shape index (κ3) is 10.8. The summed E-state index contributed by atoms with van der Waals surface area (Å²) in [6, 6.07) is 10.9. The molecule has 0 unspecified atom stereocenters. The van der Waals surface area contributed by atoms with Gasteiger partial charge in [-0.15, -0.1) is 0 Å². The van der Waals surface area contributed by atoms with Crippen LogP contribution in [0.1, 0.15) is 51.7 Å². The molecular formula is C31H46BN3O8. The van der Waals surface area contributed by atoms with Gasteiger partial charge in [-0.3, -0.25) is 14.4 Å². The summed E-state index contributed by atoms with van der Waals surface area (Å²) >= 11 is 0. The molecule has 11 nitrogen and oxygen atoms in total. The van der Waals surface area contributed by atoms with Crippen molar-refractivity contribution in [1.29, 1.82) is 0 Å². The molecule has 236 valence electrons. The molecule has 3 amide bonds. The van der Waals surface area contributed by atoms with Crippen LogP contribution in [-0.2, 0) is 27.2 Å². The first-order chi connectivity index (χ1) is 20.4. The lowest BCUT2D eigenvalue weighted by atomic mass is 9.75. The molecule has 0 radical (unpaired) electrons. The fraction of sp³-hybridized carbons (Fsp3) is 0.516. The second-order valence-corrected chi connectivity index (χ2v) is 11.2. The maximum Gasteiger partial charge on any atom is 0.475 e. The van der Waals surface area contributed by atoms with E-state index in [1.807, 2.05) is 44.2 Å². The first kappa shape index (κ1) is 35.4. The highest BCUT2D eigenvalue weighted by atomic mass is 16.5. The van der Waals surface area contributed by atoms with Crippen molar-refractivity contribution in [3.63, 3.8) is 0 Å². The van der Waals surface area contributed by atoms with Crippen LogP contribution in [-0.4, -0.2) is 74.2 Å². The molecule has 2 aromatic rings.